The van der Waals surface area contributed by atoms with Crippen molar-refractivity contribution >= 4 is 28.9 Å². The van der Waals surface area contributed by atoms with E-state index in [-0.39, 0.29) is 4.88 Å². The standard InChI is InChI=1S/C17H13N5O2S/c1-2-9-8-18-16(12-5-6-13(25-12)17(23)24)20-15(9)19-14-7-11(21-22-14)10-3-4-10/h1,5-8,10H,3-4H2,(H,23,24)(H2,18,19,20,21,22). The molecule has 8 heteroatoms. The molecule has 0 spiro atoms. The lowest BCUT2D eigenvalue weighted by Gasteiger charge is -2.06. The van der Waals surface area contributed by atoms with Crippen LogP contribution in [0.1, 0.15) is 39.7 Å². The molecule has 0 amide bonds. The number of carboxylic acids is 1. The summed E-state index contributed by atoms with van der Waals surface area (Å²) in [5, 5.41) is 19.4. The van der Waals surface area contributed by atoms with Crippen LogP contribution in [0, 0.1) is 12.3 Å². The maximum absolute atomic E-state index is 11.0. The van der Waals surface area contributed by atoms with E-state index in [1.807, 2.05) is 6.07 Å². The van der Waals surface area contributed by atoms with E-state index in [9.17, 15) is 4.79 Å². The van der Waals surface area contributed by atoms with Crippen molar-refractivity contribution in [3.63, 3.8) is 0 Å². The summed E-state index contributed by atoms with van der Waals surface area (Å²) < 4.78 is 0. The second kappa shape index (κ2) is 6.03. The molecule has 124 valence electrons. The first kappa shape index (κ1) is 15.4. The molecule has 0 aliphatic heterocycles. The molecular formula is C17H13N5O2S. The lowest BCUT2D eigenvalue weighted by atomic mass is 10.3. The SMILES string of the molecule is C#Cc1cnc(-c2ccc(C(=O)O)s2)nc1Nc1cc(C2CC2)[nH]n1. The lowest BCUT2D eigenvalue weighted by Crippen LogP contribution is -2.00. The predicted molar refractivity (Wildman–Crippen MR) is 94.1 cm³/mol. The number of aromatic amines is 1. The first-order valence-electron chi connectivity index (χ1n) is 7.63. The highest BCUT2D eigenvalue weighted by molar-refractivity contribution is 7.17. The van der Waals surface area contributed by atoms with Gasteiger partial charge in [-0.1, -0.05) is 5.92 Å². The highest BCUT2D eigenvalue weighted by Crippen LogP contribution is 2.39. The van der Waals surface area contributed by atoms with Gasteiger partial charge in [-0.15, -0.1) is 17.8 Å². The molecule has 0 atom stereocenters. The zero-order chi connectivity index (χ0) is 17.4. The van der Waals surface area contributed by atoms with Crippen LogP contribution in [0.2, 0.25) is 0 Å². The number of rotatable bonds is 5. The van der Waals surface area contributed by atoms with Gasteiger partial charge in [0.05, 0.1) is 10.4 Å². The van der Waals surface area contributed by atoms with Crippen molar-refractivity contribution in [2.45, 2.75) is 18.8 Å². The zero-order valence-electron chi connectivity index (χ0n) is 13.0. The van der Waals surface area contributed by atoms with Crippen molar-refractivity contribution in [3.8, 4) is 23.0 Å². The summed E-state index contributed by atoms with van der Waals surface area (Å²) in [6.45, 7) is 0. The molecule has 0 bridgehead atoms. The number of anilines is 2. The number of nitrogens with zero attached hydrogens (tertiary/aromatic N) is 3. The molecule has 3 aromatic rings. The predicted octanol–water partition coefficient (Wildman–Crippen LogP) is 3.23. The highest BCUT2D eigenvalue weighted by atomic mass is 32.1. The van der Waals surface area contributed by atoms with Crippen LogP contribution in [0.15, 0.2) is 24.4 Å². The summed E-state index contributed by atoms with van der Waals surface area (Å²) in [6.07, 6.45) is 9.43. The van der Waals surface area contributed by atoms with Crippen molar-refractivity contribution in [2.75, 3.05) is 5.32 Å². The van der Waals surface area contributed by atoms with Crippen LogP contribution in [-0.2, 0) is 0 Å². The summed E-state index contributed by atoms with van der Waals surface area (Å²) in [7, 11) is 0. The second-order valence-corrected chi connectivity index (χ2v) is 6.76. The number of aromatic nitrogens is 4. The van der Waals surface area contributed by atoms with Gasteiger partial charge in [-0.05, 0) is 25.0 Å². The van der Waals surface area contributed by atoms with Crippen molar-refractivity contribution in [2.24, 2.45) is 0 Å². The Labute approximate surface area is 147 Å². The van der Waals surface area contributed by atoms with E-state index in [0.29, 0.717) is 33.8 Å². The van der Waals surface area contributed by atoms with Crippen LogP contribution in [0.3, 0.4) is 0 Å². The molecule has 3 aromatic heterocycles. The average molecular weight is 351 g/mol. The number of terminal acetylenes is 1. The molecule has 0 saturated heterocycles. The van der Waals surface area contributed by atoms with Crippen molar-refractivity contribution in [3.05, 3.63) is 40.5 Å². The summed E-state index contributed by atoms with van der Waals surface area (Å²) in [5.41, 5.74) is 1.61. The van der Waals surface area contributed by atoms with Gasteiger partial charge >= 0.3 is 5.97 Å². The van der Waals surface area contributed by atoms with Crippen molar-refractivity contribution < 1.29 is 9.90 Å². The quantitative estimate of drug-likeness (QED) is 0.610. The first-order valence-corrected chi connectivity index (χ1v) is 8.45. The van der Waals surface area contributed by atoms with Crippen LogP contribution in [0.5, 0.6) is 0 Å². The van der Waals surface area contributed by atoms with E-state index in [0.717, 1.165) is 17.0 Å². The molecule has 0 radical (unpaired) electrons. The molecule has 0 aromatic carbocycles. The number of thiophene rings is 1. The van der Waals surface area contributed by atoms with Gasteiger partial charge in [0.25, 0.3) is 0 Å². The van der Waals surface area contributed by atoms with Crippen molar-refractivity contribution in [1.82, 2.24) is 20.2 Å². The van der Waals surface area contributed by atoms with Gasteiger partial charge in [0, 0.05) is 23.9 Å². The molecule has 1 aliphatic rings. The van der Waals surface area contributed by atoms with E-state index in [4.69, 9.17) is 11.5 Å². The van der Waals surface area contributed by atoms with E-state index in [1.54, 1.807) is 12.3 Å². The normalized spacial score (nSPS) is 13.4. The molecule has 25 heavy (non-hydrogen) atoms. The summed E-state index contributed by atoms with van der Waals surface area (Å²) in [4.78, 5) is 20.6. The fraction of sp³-hybridized carbons (Fsp3) is 0.176. The highest BCUT2D eigenvalue weighted by Gasteiger charge is 2.25. The topological polar surface area (TPSA) is 104 Å². The smallest absolute Gasteiger partial charge is 0.345 e. The Balaban J connectivity index is 1.65. The van der Waals surface area contributed by atoms with Gasteiger partial charge in [0.1, 0.15) is 4.88 Å². The summed E-state index contributed by atoms with van der Waals surface area (Å²) >= 11 is 1.11. The monoisotopic (exact) mass is 351 g/mol. The van der Waals surface area contributed by atoms with E-state index in [1.165, 1.54) is 18.9 Å². The molecule has 1 saturated carbocycles. The van der Waals surface area contributed by atoms with Crippen molar-refractivity contribution in [1.29, 1.82) is 0 Å². The van der Waals surface area contributed by atoms with Gasteiger partial charge in [-0.3, -0.25) is 5.10 Å². The molecule has 1 fully saturated rings. The van der Waals surface area contributed by atoms with Crippen LogP contribution in [0.4, 0.5) is 11.6 Å². The van der Waals surface area contributed by atoms with Gasteiger partial charge in [-0.25, -0.2) is 14.8 Å². The third-order valence-corrected chi connectivity index (χ3v) is 4.91. The van der Waals surface area contributed by atoms with Gasteiger partial charge in [0.15, 0.2) is 17.5 Å². The van der Waals surface area contributed by atoms with Crippen LogP contribution >= 0.6 is 11.3 Å². The molecule has 3 heterocycles. The Hall–Kier alpha value is -3.18. The van der Waals surface area contributed by atoms with E-state index < -0.39 is 5.97 Å². The lowest BCUT2D eigenvalue weighted by molar-refractivity contribution is 0.0702. The maximum Gasteiger partial charge on any atom is 0.345 e. The van der Waals surface area contributed by atoms with Gasteiger partial charge in [-0.2, -0.15) is 5.10 Å². The van der Waals surface area contributed by atoms with E-state index in [2.05, 4.69) is 31.4 Å². The molecule has 4 rings (SSSR count). The van der Waals surface area contributed by atoms with Crippen LogP contribution in [0.25, 0.3) is 10.7 Å². The molecular weight excluding hydrogens is 338 g/mol. The summed E-state index contributed by atoms with van der Waals surface area (Å²) in [5.74, 6) is 3.65. The second-order valence-electron chi connectivity index (χ2n) is 5.68. The fourth-order valence-corrected chi connectivity index (χ4v) is 3.19. The maximum atomic E-state index is 11.0. The number of carbonyl (C=O) groups is 1. The first-order chi connectivity index (χ1) is 12.1. The average Bonchev–Trinajstić information content (AvgIpc) is 3.15. The molecule has 3 N–H and O–H groups in total. The minimum atomic E-state index is -0.973. The number of nitrogens with one attached hydrogen (secondary N) is 2. The Morgan fingerprint density at radius 3 is 2.96 bits per heavy atom. The fourth-order valence-electron chi connectivity index (χ4n) is 2.40. The number of H-pyrrole nitrogens is 1. The Morgan fingerprint density at radius 1 is 1.44 bits per heavy atom. The number of hydrogen-bond donors (Lipinski definition) is 3. The largest absolute Gasteiger partial charge is 0.477 e. The Kier molecular flexibility index (Phi) is 3.71. The van der Waals surface area contributed by atoms with E-state index >= 15 is 0 Å². The van der Waals surface area contributed by atoms with Gasteiger partial charge < -0.3 is 10.4 Å². The third kappa shape index (κ3) is 3.09. The molecule has 1 aliphatic carbocycles. The van der Waals surface area contributed by atoms with Gasteiger partial charge in [0.2, 0.25) is 0 Å². The number of carboxylic acid groups (broad SMARTS) is 1. The minimum Gasteiger partial charge on any atom is -0.477 e. The Bertz CT molecular complexity index is 997. The molecule has 0 unspecified atom stereocenters. The van der Waals surface area contributed by atoms with Crippen LogP contribution < -0.4 is 5.32 Å². The molecule has 7 nitrogen and oxygen atoms in total. The Morgan fingerprint density at radius 2 is 2.28 bits per heavy atom. The van der Waals surface area contributed by atoms with Crippen LogP contribution in [-0.4, -0.2) is 31.2 Å². The summed E-state index contributed by atoms with van der Waals surface area (Å²) in [6, 6.07) is 5.17. The third-order valence-electron chi connectivity index (χ3n) is 3.84. The number of aromatic carboxylic acids is 1. The minimum absolute atomic E-state index is 0.232. The zero-order valence-corrected chi connectivity index (χ0v) is 13.8. The number of hydrogen-bond acceptors (Lipinski definition) is 6.